The Morgan fingerprint density at radius 3 is 2.66 bits per heavy atom. The van der Waals surface area contributed by atoms with E-state index in [-0.39, 0.29) is 11.9 Å². The van der Waals surface area contributed by atoms with Gasteiger partial charge < -0.3 is 14.5 Å². The summed E-state index contributed by atoms with van der Waals surface area (Å²) in [7, 11) is 1.79. The number of carbonyl (C=O) groups excluding carboxylic acids is 2. The molecule has 0 aliphatic rings. The summed E-state index contributed by atoms with van der Waals surface area (Å²) in [5.74, 6) is -0.119. The molecule has 0 aliphatic carbocycles. The first-order valence-electron chi connectivity index (χ1n) is 10.4. The van der Waals surface area contributed by atoms with Gasteiger partial charge in [-0.3, -0.25) is 9.48 Å². The molecule has 1 amide bonds. The van der Waals surface area contributed by atoms with E-state index in [0.717, 1.165) is 12.8 Å². The number of aromatic nitrogens is 3. The van der Waals surface area contributed by atoms with Crippen LogP contribution in [0, 0.1) is 6.92 Å². The van der Waals surface area contributed by atoms with E-state index in [1.54, 1.807) is 60.5 Å². The molecule has 0 bridgehead atoms. The minimum Gasteiger partial charge on any atom is -0.463 e. The molecule has 3 heterocycles. The summed E-state index contributed by atoms with van der Waals surface area (Å²) in [5, 5.41) is 7.99. The molecule has 1 N–H and O–H groups in total. The zero-order valence-corrected chi connectivity index (χ0v) is 18.2. The Labute approximate surface area is 185 Å². The number of nitrogens with zero attached hydrogens (tertiary/aromatic N) is 3. The fourth-order valence-corrected chi connectivity index (χ4v) is 3.46. The summed E-state index contributed by atoms with van der Waals surface area (Å²) in [4.78, 5) is 29.9. The Morgan fingerprint density at radius 1 is 1.19 bits per heavy atom. The number of esters is 1. The average molecular weight is 432 g/mol. The second-order valence-corrected chi connectivity index (χ2v) is 7.46. The van der Waals surface area contributed by atoms with Gasteiger partial charge in [-0.05, 0) is 55.8 Å². The van der Waals surface area contributed by atoms with E-state index in [1.165, 1.54) is 0 Å². The number of rotatable bonds is 7. The lowest BCUT2D eigenvalue weighted by atomic mass is 10.1. The number of nitrogens with one attached hydrogen (secondary N) is 1. The van der Waals surface area contributed by atoms with Crippen LogP contribution in [0.5, 0.6) is 0 Å². The number of anilines is 1. The Kier molecular flexibility index (Phi) is 6.02. The van der Waals surface area contributed by atoms with Crippen LogP contribution in [0.15, 0.2) is 53.1 Å². The van der Waals surface area contributed by atoms with Crippen LogP contribution in [0.1, 0.15) is 46.2 Å². The molecule has 8 nitrogen and oxygen atoms in total. The Bertz CT molecular complexity index is 1260. The second kappa shape index (κ2) is 9.05. The topological polar surface area (TPSA) is 99.2 Å². The van der Waals surface area contributed by atoms with Crippen LogP contribution < -0.4 is 5.32 Å². The van der Waals surface area contributed by atoms with Crippen LogP contribution >= 0.6 is 0 Å². The van der Waals surface area contributed by atoms with Crippen LogP contribution in [-0.4, -0.2) is 33.2 Å². The molecule has 8 heteroatoms. The molecule has 164 valence electrons. The molecule has 4 aromatic rings. The minimum absolute atomic E-state index is 0.306. The number of hydrogen-bond donors (Lipinski definition) is 1. The number of hydrogen-bond acceptors (Lipinski definition) is 6. The van der Waals surface area contributed by atoms with Gasteiger partial charge in [0.25, 0.3) is 5.91 Å². The van der Waals surface area contributed by atoms with Gasteiger partial charge in [0.15, 0.2) is 11.4 Å². The smallest absolute Gasteiger partial charge is 0.338 e. The number of ether oxygens (including phenoxy) is 1. The second-order valence-electron chi connectivity index (χ2n) is 7.46. The quantitative estimate of drug-likeness (QED) is 0.334. The van der Waals surface area contributed by atoms with Crippen LogP contribution in [0.4, 0.5) is 5.69 Å². The van der Waals surface area contributed by atoms with Crippen molar-refractivity contribution in [2.45, 2.75) is 26.7 Å². The summed E-state index contributed by atoms with van der Waals surface area (Å²) in [6.45, 7) is 4.27. The van der Waals surface area contributed by atoms with E-state index in [9.17, 15) is 9.59 Å². The Hall–Kier alpha value is -3.94. The standard InChI is InChI=1S/C24H24N4O4/c1-4-5-12-32-24(30)16-8-10-17(11-9-16)25-23(29)18-14-19(20-7-6-13-31-20)26-22-21(18)15(2)27-28(22)3/h6-11,13-14H,4-5,12H2,1-3H3,(H,25,29). The average Bonchev–Trinajstić information content (AvgIpc) is 3.42. The van der Waals surface area contributed by atoms with E-state index >= 15 is 0 Å². The lowest BCUT2D eigenvalue weighted by Gasteiger charge is -2.09. The predicted molar refractivity (Wildman–Crippen MR) is 121 cm³/mol. The highest BCUT2D eigenvalue weighted by Gasteiger charge is 2.20. The molecule has 0 fully saturated rings. The fraction of sp³-hybridized carbons (Fsp3) is 0.250. The number of carbonyl (C=O) groups is 2. The number of benzene rings is 1. The van der Waals surface area contributed by atoms with Crippen molar-refractivity contribution < 1.29 is 18.7 Å². The van der Waals surface area contributed by atoms with Crippen molar-refractivity contribution in [1.82, 2.24) is 14.8 Å². The summed E-state index contributed by atoms with van der Waals surface area (Å²) >= 11 is 0. The molecule has 4 rings (SSSR count). The molecular weight excluding hydrogens is 408 g/mol. The summed E-state index contributed by atoms with van der Waals surface area (Å²) in [6, 6.07) is 11.9. The highest BCUT2D eigenvalue weighted by atomic mass is 16.5. The maximum Gasteiger partial charge on any atom is 0.338 e. The molecule has 0 atom stereocenters. The van der Waals surface area contributed by atoms with E-state index in [2.05, 4.69) is 15.4 Å². The van der Waals surface area contributed by atoms with E-state index in [1.807, 2.05) is 13.8 Å². The Morgan fingerprint density at radius 2 is 1.97 bits per heavy atom. The molecule has 32 heavy (non-hydrogen) atoms. The van der Waals surface area contributed by atoms with E-state index in [0.29, 0.717) is 51.6 Å². The maximum absolute atomic E-state index is 13.2. The van der Waals surface area contributed by atoms with Crippen molar-refractivity contribution >= 4 is 28.6 Å². The van der Waals surface area contributed by atoms with Gasteiger partial charge in [-0.25, -0.2) is 9.78 Å². The largest absolute Gasteiger partial charge is 0.463 e. The molecular formula is C24H24N4O4. The normalized spacial score (nSPS) is 11.0. The van der Waals surface area contributed by atoms with Crippen LogP contribution in [0.2, 0.25) is 0 Å². The van der Waals surface area contributed by atoms with Crippen molar-refractivity contribution in [3.8, 4) is 11.5 Å². The van der Waals surface area contributed by atoms with E-state index in [4.69, 9.17) is 9.15 Å². The molecule has 3 aromatic heterocycles. The molecule has 0 unspecified atom stereocenters. The zero-order valence-electron chi connectivity index (χ0n) is 18.2. The van der Waals surface area contributed by atoms with Crippen molar-refractivity contribution in [2.75, 3.05) is 11.9 Å². The molecule has 0 saturated heterocycles. The zero-order chi connectivity index (χ0) is 22.7. The first-order valence-corrected chi connectivity index (χ1v) is 10.4. The van der Waals surface area contributed by atoms with Crippen molar-refractivity contribution in [3.05, 3.63) is 65.5 Å². The van der Waals surface area contributed by atoms with Gasteiger partial charge in [0.2, 0.25) is 0 Å². The number of aryl methyl sites for hydroxylation is 2. The Balaban J connectivity index is 1.61. The van der Waals surface area contributed by atoms with Gasteiger partial charge in [-0.15, -0.1) is 0 Å². The monoisotopic (exact) mass is 432 g/mol. The summed E-state index contributed by atoms with van der Waals surface area (Å²) < 4.78 is 12.3. The fourth-order valence-electron chi connectivity index (χ4n) is 3.46. The number of amides is 1. The highest BCUT2D eigenvalue weighted by molar-refractivity contribution is 6.13. The van der Waals surface area contributed by atoms with Gasteiger partial charge in [-0.2, -0.15) is 5.10 Å². The third-order valence-corrected chi connectivity index (χ3v) is 5.10. The SMILES string of the molecule is CCCCOC(=O)c1ccc(NC(=O)c2cc(-c3ccco3)nc3c2c(C)nn3C)cc1. The third-order valence-electron chi connectivity index (χ3n) is 5.10. The van der Waals surface area contributed by atoms with Gasteiger partial charge in [0, 0.05) is 12.7 Å². The summed E-state index contributed by atoms with van der Waals surface area (Å²) in [5.41, 5.74) is 3.28. The number of fused-ring (bicyclic) bond motifs is 1. The predicted octanol–water partition coefficient (Wildman–Crippen LogP) is 4.75. The highest BCUT2D eigenvalue weighted by Crippen LogP contribution is 2.27. The molecule has 0 radical (unpaired) electrons. The molecule has 0 spiro atoms. The van der Waals surface area contributed by atoms with Gasteiger partial charge in [0.05, 0.1) is 35.1 Å². The van der Waals surface area contributed by atoms with Crippen molar-refractivity contribution in [3.63, 3.8) is 0 Å². The lowest BCUT2D eigenvalue weighted by molar-refractivity contribution is 0.0499. The number of unbranched alkanes of at least 4 members (excludes halogenated alkanes) is 1. The van der Waals surface area contributed by atoms with Crippen molar-refractivity contribution in [1.29, 1.82) is 0 Å². The van der Waals surface area contributed by atoms with Crippen LogP contribution in [0.25, 0.3) is 22.5 Å². The van der Waals surface area contributed by atoms with Gasteiger partial charge in [0.1, 0.15) is 5.69 Å². The van der Waals surface area contributed by atoms with E-state index < -0.39 is 0 Å². The maximum atomic E-state index is 13.2. The van der Waals surface area contributed by atoms with Gasteiger partial charge >= 0.3 is 5.97 Å². The molecule has 1 aromatic carbocycles. The van der Waals surface area contributed by atoms with Crippen molar-refractivity contribution in [2.24, 2.45) is 7.05 Å². The van der Waals surface area contributed by atoms with Crippen LogP contribution in [-0.2, 0) is 11.8 Å². The third kappa shape index (κ3) is 4.25. The van der Waals surface area contributed by atoms with Crippen LogP contribution in [0.3, 0.4) is 0 Å². The number of pyridine rings is 1. The van der Waals surface area contributed by atoms with Gasteiger partial charge in [-0.1, -0.05) is 13.3 Å². The first-order chi connectivity index (χ1) is 15.5. The number of furan rings is 1. The molecule has 0 aliphatic heterocycles. The first kappa shape index (κ1) is 21.3. The molecule has 0 saturated carbocycles. The lowest BCUT2D eigenvalue weighted by Crippen LogP contribution is -2.13. The summed E-state index contributed by atoms with van der Waals surface area (Å²) in [6.07, 6.45) is 3.34. The minimum atomic E-state index is -0.374.